The molecule has 0 spiro atoms. The van der Waals surface area contributed by atoms with Crippen molar-refractivity contribution in [2.45, 2.75) is 37.3 Å². The lowest BCUT2D eigenvalue weighted by molar-refractivity contribution is -0.137. The summed E-state index contributed by atoms with van der Waals surface area (Å²) < 4.78 is 38.1. The smallest absolute Gasteiger partial charge is 0.339 e. The molecule has 1 fully saturated rings. The molecule has 0 aliphatic carbocycles. The molecule has 3 amide bonds. The zero-order valence-electron chi connectivity index (χ0n) is 18.7. The van der Waals surface area contributed by atoms with Crippen LogP contribution in [-0.4, -0.2) is 41.5 Å². The number of hydrogen-bond donors (Lipinski definition) is 2. The first kappa shape index (κ1) is 25.6. The number of benzene rings is 2. The molecule has 1 saturated heterocycles. The van der Waals surface area contributed by atoms with E-state index < -0.39 is 11.7 Å². The normalized spacial score (nSPS) is 14.5. The lowest BCUT2D eigenvalue weighted by Crippen LogP contribution is -2.48. The Morgan fingerprint density at radius 2 is 1.59 bits per heavy atom. The minimum absolute atomic E-state index is 0.173. The Labute approximate surface area is 200 Å². The first-order chi connectivity index (χ1) is 16.1. The Morgan fingerprint density at radius 3 is 2.18 bits per heavy atom. The summed E-state index contributed by atoms with van der Waals surface area (Å²) >= 11 is 1.56. The molecule has 0 radical (unpaired) electrons. The Morgan fingerprint density at radius 1 is 0.971 bits per heavy atom. The van der Waals surface area contributed by atoms with E-state index in [1.54, 1.807) is 11.8 Å². The average Bonchev–Trinajstić information content (AvgIpc) is 2.83. The van der Waals surface area contributed by atoms with Gasteiger partial charge < -0.3 is 4.90 Å². The number of thioether (sulfide) groups is 1. The highest BCUT2D eigenvalue weighted by molar-refractivity contribution is 7.99. The van der Waals surface area contributed by atoms with Crippen molar-refractivity contribution in [1.29, 1.82) is 0 Å². The highest BCUT2D eigenvalue weighted by Crippen LogP contribution is 2.29. The van der Waals surface area contributed by atoms with E-state index in [-0.39, 0.29) is 35.6 Å². The number of carbonyl (C=O) groups is 3. The minimum Gasteiger partial charge on any atom is -0.339 e. The summed E-state index contributed by atoms with van der Waals surface area (Å²) in [5.41, 5.74) is 5.40. The third-order valence-corrected chi connectivity index (χ3v) is 6.57. The van der Waals surface area contributed by atoms with Crippen LogP contribution in [0.3, 0.4) is 0 Å². The molecule has 0 bridgehead atoms. The van der Waals surface area contributed by atoms with Crippen molar-refractivity contribution in [2.24, 2.45) is 5.92 Å². The third-order valence-electron chi connectivity index (χ3n) is 5.56. The predicted octanol–water partition coefficient (Wildman–Crippen LogP) is 4.20. The molecular formula is C24H26F3N3O3S. The van der Waals surface area contributed by atoms with Gasteiger partial charge in [0.05, 0.1) is 5.56 Å². The lowest BCUT2D eigenvalue weighted by Gasteiger charge is -2.31. The molecule has 10 heteroatoms. The van der Waals surface area contributed by atoms with Crippen LogP contribution < -0.4 is 10.9 Å². The van der Waals surface area contributed by atoms with Gasteiger partial charge in [0, 0.05) is 41.6 Å². The summed E-state index contributed by atoms with van der Waals surface area (Å²) in [7, 11) is 0. The van der Waals surface area contributed by atoms with Crippen LogP contribution in [0.25, 0.3) is 0 Å². The van der Waals surface area contributed by atoms with E-state index in [2.05, 4.69) is 10.9 Å². The van der Waals surface area contributed by atoms with Crippen LogP contribution in [0.15, 0.2) is 53.4 Å². The Balaban J connectivity index is 1.37. The second-order valence-corrected chi connectivity index (χ2v) is 9.26. The molecule has 182 valence electrons. The summed E-state index contributed by atoms with van der Waals surface area (Å²) in [4.78, 5) is 39.5. The number of aryl methyl sites for hydroxylation is 1. The standard InChI is InChI=1S/C24H26F3N3O3S/c1-16-2-8-20(9-3-16)34-15-12-21(31)28-29-22(32)17-10-13-30(14-11-17)23(33)18-4-6-19(7-5-18)24(25,26)27/h2-9,17H,10-15H2,1H3,(H,28,31)(H,29,32). The molecule has 34 heavy (non-hydrogen) atoms. The number of amides is 3. The molecule has 0 aromatic heterocycles. The van der Waals surface area contributed by atoms with Crippen molar-refractivity contribution in [3.63, 3.8) is 0 Å². The van der Waals surface area contributed by atoms with Gasteiger partial charge in [-0.2, -0.15) is 13.2 Å². The fraction of sp³-hybridized carbons (Fsp3) is 0.375. The predicted molar refractivity (Wildman–Crippen MR) is 123 cm³/mol. The summed E-state index contributed by atoms with van der Waals surface area (Å²) in [5, 5.41) is 0. The van der Waals surface area contributed by atoms with Crippen LogP contribution in [0, 0.1) is 12.8 Å². The van der Waals surface area contributed by atoms with Gasteiger partial charge >= 0.3 is 6.18 Å². The van der Waals surface area contributed by atoms with Crippen LogP contribution in [-0.2, 0) is 15.8 Å². The monoisotopic (exact) mass is 493 g/mol. The quantitative estimate of drug-likeness (QED) is 0.467. The fourth-order valence-electron chi connectivity index (χ4n) is 3.52. The number of halogens is 3. The molecule has 2 N–H and O–H groups in total. The Kier molecular flexibility index (Phi) is 8.60. The average molecular weight is 494 g/mol. The maximum absolute atomic E-state index is 12.7. The van der Waals surface area contributed by atoms with Gasteiger partial charge in [-0.1, -0.05) is 17.7 Å². The third kappa shape index (κ3) is 7.24. The molecule has 2 aromatic rings. The summed E-state index contributed by atoms with van der Waals surface area (Å²) in [6.07, 6.45) is -3.41. The molecule has 2 aromatic carbocycles. The van der Waals surface area contributed by atoms with Crippen molar-refractivity contribution in [2.75, 3.05) is 18.8 Å². The molecular weight excluding hydrogens is 467 g/mol. The number of piperidine rings is 1. The van der Waals surface area contributed by atoms with Crippen LogP contribution in [0.1, 0.15) is 40.7 Å². The van der Waals surface area contributed by atoms with E-state index >= 15 is 0 Å². The first-order valence-electron chi connectivity index (χ1n) is 10.9. The fourth-order valence-corrected chi connectivity index (χ4v) is 4.37. The largest absolute Gasteiger partial charge is 0.416 e. The number of hydrazine groups is 1. The summed E-state index contributed by atoms with van der Waals surface area (Å²) in [6, 6.07) is 12.1. The molecule has 0 atom stereocenters. The summed E-state index contributed by atoms with van der Waals surface area (Å²) in [6.45, 7) is 2.61. The maximum Gasteiger partial charge on any atom is 0.416 e. The van der Waals surface area contributed by atoms with Gasteiger partial charge in [-0.05, 0) is 56.2 Å². The highest BCUT2D eigenvalue weighted by atomic mass is 32.2. The highest BCUT2D eigenvalue weighted by Gasteiger charge is 2.31. The van der Waals surface area contributed by atoms with Crippen LogP contribution in [0.5, 0.6) is 0 Å². The van der Waals surface area contributed by atoms with E-state index in [4.69, 9.17) is 0 Å². The second kappa shape index (κ2) is 11.4. The van der Waals surface area contributed by atoms with Crippen LogP contribution >= 0.6 is 11.8 Å². The molecule has 1 heterocycles. The van der Waals surface area contributed by atoms with Crippen molar-refractivity contribution < 1.29 is 27.6 Å². The van der Waals surface area contributed by atoms with Crippen LogP contribution in [0.2, 0.25) is 0 Å². The first-order valence-corrected chi connectivity index (χ1v) is 11.9. The maximum atomic E-state index is 12.7. The van der Waals surface area contributed by atoms with E-state index in [0.717, 1.165) is 29.2 Å². The van der Waals surface area contributed by atoms with Gasteiger partial charge in [-0.25, -0.2) is 0 Å². The second-order valence-electron chi connectivity index (χ2n) is 8.09. The van der Waals surface area contributed by atoms with E-state index in [9.17, 15) is 27.6 Å². The lowest BCUT2D eigenvalue weighted by atomic mass is 9.95. The number of likely N-dealkylation sites (tertiary alicyclic amines) is 1. The van der Waals surface area contributed by atoms with Gasteiger partial charge in [0.2, 0.25) is 11.8 Å². The molecule has 1 aliphatic rings. The molecule has 1 aliphatic heterocycles. The number of alkyl halides is 3. The van der Waals surface area contributed by atoms with Crippen LogP contribution in [0.4, 0.5) is 13.2 Å². The van der Waals surface area contributed by atoms with Gasteiger partial charge in [-0.3, -0.25) is 25.2 Å². The number of carbonyl (C=O) groups excluding carboxylic acids is 3. The van der Waals surface area contributed by atoms with Gasteiger partial charge in [-0.15, -0.1) is 11.8 Å². The molecule has 3 rings (SSSR count). The molecule has 0 unspecified atom stereocenters. The van der Waals surface area contributed by atoms with Gasteiger partial charge in [0.15, 0.2) is 0 Å². The minimum atomic E-state index is -4.46. The number of hydrogen-bond acceptors (Lipinski definition) is 4. The Hall–Kier alpha value is -3.01. The van der Waals surface area contributed by atoms with E-state index in [1.807, 2.05) is 31.2 Å². The topological polar surface area (TPSA) is 78.5 Å². The van der Waals surface area contributed by atoms with Crippen molar-refractivity contribution in [3.05, 3.63) is 65.2 Å². The zero-order chi connectivity index (χ0) is 24.7. The van der Waals surface area contributed by atoms with Gasteiger partial charge in [0.25, 0.3) is 5.91 Å². The SMILES string of the molecule is Cc1ccc(SCCC(=O)NNC(=O)C2CCN(C(=O)c3ccc(C(F)(F)F)cc3)CC2)cc1. The zero-order valence-corrected chi connectivity index (χ0v) is 19.5. The van der Waals surface area contributed by atoms with Crippen molar-refractivity contribution in [1.82, 2.24) is 15.8 Å². The van der Waals surface area contributed by atoms with E-state index in [1.165, 1.54) is 10.5 Å². The molecule has 6 nitrogen and oxygen atoms in total. The van der Waals surface area contributed by atoms with Gasteiger partial charge in [0.1, 0.15) is 0 Å². The Bertz CT molecular complexity index is 1000. The van der Waals surface area contributed by atoms with Crippen molar-refractivity contribution >= 4 is 29.5 Å². The van der Waals surface area contributed by atoms with E-state index in [0.29, 0.717) is 31.7 Å². The number of nitrogens with one attached hydrogen (secondary N) is 2. The summed E-state index contributed by atoms with van der Waals surface area (Å²) in [5.74, 6) is -0.759. The van der Waals surface area contributed by atoms with Crippen molar-refractivity contribution in [3.8, 4) is 0 Å². The number of nitrogens with zero attached hydrogens (tertiary/aromatic N) is 1. The molecule has 0 saturated carbocycles. The number of rotatable bonds is 6.